The van der Waals surface area contributed by atoms with Crippen molar-refractivity contribution in [3.63, 3.8) is 0 Å². The number of aliphatic hydroxyl groups is 1. The zero-order valence-electron chi connectivity index (χ0n) is 9.71. The standard InChI is InChI=1S/C14H10Br2F2O/c15-11-4-2-10(17)5-9(11)7-14(19)8-1-3-12(16)13(18)6-8/h1-6,14,19H,7H2. The molecule has 1 atom stereocenters. The van der Waals surface area contributed by atoms with Crippen LogP contribution in [-0.2, 0) is 6.42 Å². The first-order chi connectivity index (χ1) is 8.97. The van der Waals surface area contributed by atoms with Crippen LogP contribution in [0.1, 0.15) is 17.2 Å². The van der Waals surface area contributed by atoms with Crippen LogP contribution in [0.4, 0.5) is 8.78 Å². The predicted molar refractivity (Wildman–Crippen MR) is 76.9 cm³/mol. The molecule has 0 amide bonds. The molecule has 0 bridgehead atoms. The fraction of sp³-hybridized carbons (Fsp3) is 0.143. The molecular formula is C14H10Br2F2O. The Labute approximate surface area is 126 Å². The summed E-state index contributed by atoms with van der Waals surface area (Å²) in [7, 11) is 0. The van der Waals surface area contributed by atoms with Crippen molar-refractivity contribution in [3.8, 4) is 0 Å². The third-order valence-electron chi connectivity index (χ3n) is 2.75. The molecular weight excluding hydrogens is 382 g/mol. The molecule has 19 heavy (non-hydrogen) atoms. The van der Waals surface area contributed by atoms with Gasteiger partial charge in [-0.1, -0.05) is 22.0 Å². The highest BCUT2D eigenvalue weighted by atomic mass is 79.9. The Morgan fingerprint density at radius 3 is 2.37 bits per heavy atom. The number of rotatable bonds is 3. The van der Waals surface area contributed by atoms with E-state index in [9.17, 15) is 13.9 Å². The van der Waals surface area contributed by atoms with Gasteiger partial charge < -0.3 is 5.11 Å². The Morgan fingerprint density at radius 2 is 1.68 bits per heavy atom. The Bertz CT molecular complexity index is 602. The SMILES string of the molecule is OC(Cc1cc(F)ccc1Br)c1ccc(Br)c(F)c1. The van der Waals surface area contributed by atoms with Crippen molar-refractivity contribution in [1.29, 1.82) is 0 Å². The molecule has 1 unspecified atom stereocenters. The fourth-order valence-electron chi connectivity index (χ4n) is 1.75. The third-order valence-corrected chi connectivity index (χ3v) is 4.17. The molecule has 1 nitrogen and oxygen atoms in total. The molecule has 0 fully saturated rings. The van der Waals surface area contributed by atoms with Crippen molar-refractivity contribution in [2.45, 2.75) is 12.5 Å². The fourth-order valence-corrected chi connectivity index (χ4v) is 2.40. The highest BCUT2D eigenvalue weighted by molar-refractivity contribution is 9.10. The summed E-state index contributed by atoms with van der Waals surface area (Å²) in [6, 6.07) is 8.70. The second-order valence-electron chi connectivity index (χ2n) is 4.13. The van der Waals surface area contributed by atoms with E-state index in [1.54, 1.807) is 12.1 Å². The van der Waals surface area contributed by atoms with Gasteiger partial charge in [-0.25, -0.2) is 8.78 Å². The van der Waals surface area contributed by atoms with Crippen molar-refractivity contribution >= 4 is 31.9 Å². The monoisotopic (exact) mass is 390 g/mol. The van der Waals surface area contributed by atoms with Crippen molar-refractivity contribution < 1.29 is 13.9 Å². The maximum absolute atomic E-state index is 13.4. The van der Waals surface area contributed by atoms with Crippen LogP contribution in [0.3, 0.4) is 0 Å². The number of halogens is 4. The van der Waals surface area contributed by atoms with E-state index in [1.807, 2.05) is 0 Å². The molecule has 0 aliphatic carbocycles. The lowest BCUT2D eigenvalue weighted by Gasteiger charge is -2.13. The van der Waals surface area contributed by atoms with Crippen molar-refractivity contribution in [2.24, 2.45) is 0 Å². The molecule has 0 aromatic heterocycles. The van der Waals surface area contributed by atoms with Gasteiger partial charge in [-0.3, -0.25) is 0 Å². The van der Waals surface area contributed by atoms with Crippen LogP contribution in [0.5, 0.6) is 0 Å². The average molecular weight is 392 g/mol. The molecule has 0 aliphatic rings. The smallest absolute Gasteiger partial charge is 0.137 e. The van der Waals surface area contributed by atoms with E-state index in [-0.39, 0.29) is 12.2 Å². The average Bonchev–Trinajstić information content (AvgIpc) is 2.37. The second kappa shape index (κ2) is 6.11. The van der Waals surface area contributed by atoms with Crippen LogP contribution in [0, 0.1) is 11.6 Å². The van der Waals surface area contributed by atoms with Gasteiger partial charge in [0, 0.05) is 10.9 Å². The van der Waals surface area contributed by atoms with Crippen LogP contribution in [-0.4, -0.2) is 5.11 Å². The third kappa shape index (κ3) is 3.61. The lowest BCUT2D eigenvalue weighted by molar-refractivity contribution is 0.177. The first-order valence-electron chi connectivity index (χ1n) is 5.54. The van der Waals surface area contributed by atoms with Gasteiger partial charge in [-0.05, 0) is 57.4 Å². The topological polar surface area (TPSA) is 20.2 Å². The van der Waals surface area contributed by atoms with Crippen molar-refractivity contribution in [3.05, 3.63) is 68.1 Å². The number of hydrogen-bond acceptors (Lipinski definition) is 1. The Hall–Kier alpha value is -0.780. The van der Waals surface area contributed by atoms with E-state index < -0.39 is 11.9 Å². The molecule has 2 aromatic rings. The number of benzene rings is 2. The number of aliphatic hydroxyl groups excluding tert-OH is 1. The summed E-state index contributed by atoms with van der Waals surface area (Å²) < 4.78 is 27.6. The van der Waals surface area contributed by atoms with Gasteiger partial charge in [0.25, 0.3) is 0 Å². The summed E-state index contributed by atoms with van der Waals surface area (Å²) >= 11 is 6.35. The van der Waals surface area contributed by atoms with Crippen LogP contribution < -0.4 is 0 Å². The maximum Gasteiger partial charge on any atom is 0.137 e. The normalized spacial score (nSPS) is 12.5. The van der Waals surface area contributed by atoms with Gasteiger partial charge in [-0.2, -0.15) is 0 Å². The zero-order chi connectivity index (χ0) is 14.0. The van der Waals surface area contributed by atoms with E-state index in [1.165, 1.54) is 24.3 Å². The van der Waals surface area contributed by atoms with Crippen molar-refractivity contribution in [1.82, 2.24) is 0 Å². The molecule has 0 spiro atoms. The zero-order valence-corrected chi connectivity index (χ0v) is 12.9. The van der Waals surface area contributed by atoms with Gasteiger partial charge in [0.15, 0.2) is 0 Å². The molecule has 0 saturated heterocycles. The van der Waals surface area contributed by atoms with Gasteiger partial charge in [-0.15, -0.1) is 0 Å². The first-order valence-corrected chi connectivity index (χ1v) is 7.13. The minimum absolute atomic E-state index is 0.208. The highest BCUT2D eigenvalue weighted by Crippen LogP contribution is 2.26. The summed E-state index contributed by atoms with van der Waals surface area (Å²) in [4.78, 5) is 0. The summed E-state index contributed by atoms with van der Waals surface area (Å²) in [5.74, 6) is -0.803. The summed E-state index contributed by atoms with van der Waals surface area (Å²) in [6.07, 6.45) is -0.680. The summed E-state index contributed by atoms with van der Waals surface area (Å²) in [6.45, 7) is 0. The van der Waals surface area contributed by atoms with Crippen LogP contribution in [0.25, 0.3) is 0 Å². The van der Waals surface area contributed by atoms with Crippen LogP contribution >= 0.6 is 31.9 Å². The molecule has 2 aromatic carbocycles. The minimum atomic E-state index is -0.888. The molecule has 0 radical (unpaired) electrons. The molecule has 0 aliphatic heterocycles. The van der Waals surface area contributed by atoms with E-state index in [4.69, 9.17) is 0 Å². The molecule has 100 valence electrons. The van der Waals surface area contributed by atoms with Crippen LogP contribution in [0.2, 0.25) is 0 Å². The quantitative estimate of drug-likeness (QED) is 0.799. The molecule has 2 rings (SSSR count). The van der Waals surface area contributed by atoms with E-state index >= 15 is 0 Å². The second-order valence-corrected chi connectivity index (χ2v) is 5.84. The molecule has 0 saturated carbocycles. The Kier molecular flexibility index (Phi) is 4.71. The Morgan fingerprint density at radius 1 is 1.00 bits per heavy atom. The van der Waals surface area contributed by atoms with E-state index in [0.717, 1.165) is 0 Å². The molecule has 0 heterocycles. The van der Waals surface area contributed by atoms with Gasteiger partial charge in [0.1, 0.15) is 11.6 Å². The summed E-state index contributed by atoms with van der Waals surface area (Å²) in [5.41, 5.74) is 1.09. The minimum Gasteiger partial charge on any atom is -0.388 e. The lowest BCUT2D eigenvalue weighted by atomic mass is 10.0. The first kappa shape index (κ1) is 14.6. The van der Waals surface area contributed by atoms with Gasteiger partial charge in [0.2, 0.25) is 0 Å². The largest absolute Gasteiger partial charge is 0.388 e. The van der Waals surface area contributed by atoms with Gasteiger partial charge >= 0.3 is 0 Å². The summed E-state index contributed by atoms with van der Waals surface area (Å²) in [5, 5.41) is 10.1. The lowest BCUT2D eigenvalue weighted by Crippen LogP contribution is -2.03. The van der Waals surface area contributed by atoms with Crippen LogP contribution in [0.15, 0.2) is 45.3 Å². The molecule has 5 heteroatoms. The Balaban J connectivity index is 2.22. The van der Waals surface area contributed by atoms with E-state index in [0.29, 0.717) is 20.1 Å². The van der Waals surface area contributed by atoms with Crippen molar-refractivity contribution in [2.75, 3.05) is 0 Å². The number of hydrogen-bond donors (Lipinski definition) is 1. The van der Waals surface area contributed by atoms with E-state index in [2.05, 4.69) is 31.9 Å². The maximum atomic E-state index is 13.4. The molecule has 1 N–H and O–H groups in total. The highest BCUT2D eigenvalue weighted by Gasteiger charge is 2.13. The van der Waals surface area contributed by atoms with Gasteiger partial charge in [0.05, 0.1) is 10.6 Å². The predicted octanol–water partition coefficient (Wildman–Crippen LogP) is 4.77.